The zero-order valence-corrected chi connectivity index (χ0v) is 18.2. The van der Waals surface area contributed by atoms with E-state index in [1.165, 1.54) is 10.2 Å². The van der Waals surface area contributed by atoms with Gasteiger partial charge >= 0.3 is 0 Å². The smallest absolute Gasteiger partial charge is 0.236 e. The fraction of sp³-hybridized carbons (Fsp3) is 0.500. The Morgan fingerprint density at radius 2 is 1.64 bits per heavy atom. The van der Waals surface area contributed by atoms with Crippen LogP contribution in [0.3, 0.4) is 0 Å². The predicted molar refractivity (Wildman–Crippen MR) is 112 cm³/mol. The van der Waals surface area contributed by atoms with E-state index in [0.717, 1.165) is 42.4 Å². The van der Waals surface area contributed by atoms with Crippen LogP contribution in [0.25, 0.3) is 21.9 Å². The van der Waals surface area contributed by atoms with Gasteiger partial charge < -0.3 is 0 Å². The highest BCUT2D eigenvalue weighted by molar-refractivity contribution is 7.89. The zero-order chi connectivity index (χ0) is 20.7. The second-order valence-electron chi connectivity index (χ2n) is 7.11. The van der Waals surface area contributed by atoms with Crippen molar-refractivity contribution in [1.29, 1.82) is 0 Å². The van der Waals surface area contributed by atoms with Gasteiger partial charge in [0.15, 0.2) is 0 Å². The van der Waals surface area contributed by atoms with Crippen molar-refractivity contribution >= 4 is 42.0 Å². The molecule has 3 aromatic rings. The summed E-state index contributed by atoms with van der Waals surface area (Å²) in [6, 6.07) is 3.37. The normalized spacial score (nSPS) is 13.2. The molecule has 28 heavy (non-hydrogen) atoms. The first-order chi connectivity index (χ1) is 13.1. The molecule has 0 aliphatic heterocycles. The molecular weight excluding hydrogens is 400 g/mol. The molecule has 10 heteroatoms. The van der Waals surface area contributed by atoms with Gasteiger partial charge in [0, 0.05) is 30.0 Å². The predicted octanol–water partition coefficient (Wildman–Crippen LogP) is 2.23. The number of rotatable bonds is 8. The number of nitrogens with zero attached hydrogens (tertiary/aromatic N) is 4. The molecule has 0 aromatic carbocycles. The summed E-state index contributed by atoms with van der Waals surface area (Å²) in [4.78, 5) is 6.53. The van der Waals surface area contributed by atoms with Crippen LogP contribution >= 0.6 is 0 Å². The number of aromatic nitrogens is 3. The lowest BCUT2D eigenvalue weighted by molar-refractivity contribution is 0.263. The molecule has 0 aliphatic carbocycles. The quantitative estimate of drug-likeness (QED) is 0.548. The van der Waals surface area contributed by atoms with Gasteiger partial charge in [0.05, 0.1) is 23.5 Å². The van der Waals surface area contributed by atoms with Crippen molar-refractivity contribution in [2.24, 2.45) is 0 Å². The second-order valence-corrected chi connectivity index (χ2v) is 10.8. The lowest BCUT2D eigenvalue weighted by Crippen LogP contribution is -2.27. The van der Waals surface area contributed by atoms with E-state index in [1.807, 2.05) is 0 Å². The Kier molecular flexibility index (Phi) is 5.57. The maximum Gasteiger partial charge on any atom is 0.236 e. The first-order valence-corrected chi connectivity index (χ1v) is 12.9. The summed E-state index contributed by atoms with van der Waals surface area (Å²) in [5.41, 5.74) is 1.68. The maximum absolute atomic E-state index is 12.7. The lowest BCUT2D eigenvalue weighted by Gasteiger charge is -2.21. The largest absolute Gasteiger partial charge is 0.298 e. The minimum absolute atomic E-state index is 0.286. The first-order valence-electron chi connectivity index (χ1n) is 9.21. The first kappa shape index (κ1) is 20.8. The summed E-state index contributed by atoms with van der Waals surface area (Å²) in [5.74, 6) is 0. The third kappa shape index (κ3) is 3.81. The molecule has 0 N–H and O–H groups in total. The van der Waals surface area contributed by atoms with E-state index in [9.17, 15) is 16.8 Å². The third-order valence-electron chi connectivity index (χ3n) is 4.61. The van der Waals surface area contributed by atoms with Crippen LogP contribution in [-0.2, 0) is 26.6 Å². The number of pyridine rings is 1. The Labute approximate surface area is 165 Å². The van der Waals surface area contributed by atoms with E-state index in [-0.39, 0.29) is 5.52 Å². The summed E-state index contributed by atoms with van der Waals surface area (Å²) >= 11 is 0. The van der Waals surface area contributed by atoms with Gasteiger partial charge in [-0.1, -0.05) is 13.8 Å². The van der Waals surface area contributed by atoms with Crippen molar-refractivity contribution in [3.8, 4) is 0 Å². The van der Waals surface area contributed by atoms with Crippen molar-refractivity contribution in [2.45, 2.75) is 33.2 Å². The Bertz CT molecular complexity index is 1220. The lowest BCUT2D eigenvalue weighted by atomic mass is 10.2. The van der Waals surface area contributed by atoms with Crippen molar-refractivity contribution in [3.05, 3.63) is 30.2 Å². The Hall–Kier alpha value is -1.91. The standard InChI is InChI=1S/C18H26N4O4S2/c1-5-8-20(9-6-2)13-15-11-14-12-19-16-7-10-21(27(3,23)24)18(16)17(14)22(15)28(4,25)26/h7,10-12H,5-6,8-9,13H2,1-4H3. The van der Waals surface area contributed by atoms with E-state index in [0.29, 0.717) is 28.7 Å². The topological polar surface area (TPSA) is 94.3 Å². The van der Waals surface area contributed by atoms with E-state index in [1.54, 1.807) is 18.3 Å². The average Bonchev–Trinajstić information content (AvgIpc) is 3.14. The highest BCUT2D eigenvalue weighted by atomic mass is 32.2. The Morgan fingerprint density at radius 3 is 2.18 bits per heavy atom. The van der Waals surface area contributed by atoms with Gasteiger partial charge in [0.1, 0.15) is 5.52 Å². The molecule has 0 radical (unpaired) electrons. The number of fused-ring (bicyclic) bond motifs is 3. The highest BCUT2D eigenvalue weighted by Gasteiger charge is 2.23. The Morgan fingerprint density at radius 1 is 1.00 bits per heavy atom. The SMILES string of the molecule is CCCN(CCC)Cc1cc2cnc3ccn(S(C)(=O)=O)c3c2n1S(C)(=O)=O. The van der Waals surface area contributed by atoms with Gasteiger partial charge in [-0.2, -0.15) is 0 Å². The van der Waals surface area contributed by atoms with E-state index < -0.39 is 20.0 Å². The molecule has 0 saturated heterocycles. The van der Waals surface area contributed by atoms with Crippen LogP contribution in [0.4, 0.5) is 0 Å². The van der Waals surface area contributed by atoms with Crippen molar-refractivity contribution < 1.29 is 16.8 Å². The summed E-state index contributed by atoms with van der Waals surface area (Å²) in [6.45, 7) is 6.34. The molecule has 0 amide bonds. The van der Waals surface area contributed by atoms with Gasteiger partial charge in [-0.25, -0.2) is 24.8 Å². The van der Waals surface area contributed by atoms with Gasteiger partial charge in [0.25, 0.3) is 0 Å². The van der Waals surface area contributed by atoms with Gasteiger partial charge in [-0.05, 0) is 38.1 Å². The number of hydrogen-bond donors (Lipinski definition) is 0. The second kappa shape index (κ2) is 7.49. The Balaban J connectivity index is 2.35. The molecule has 0 bridgehead atoms. The minimum atomic E-state index is -3.67. The van der Waals surface area contributed by atoms with E-state index >= 15 is 0 Å². The molecule has 0 spiro atoms. The minimum Gasteiger partial charge on any atom is -0.298 e. The van der Waals surface area contributed by atoms with Crippen LogP contribution < -0.4 is 0 Å². The summed E-state index contributed by atoms with van der Waals surface area (Å²) in [6.07, 6.45) is 7.15. The van der Waals surface area contributed by atoms with Gasteiger partial charge in [-0.15, -0.1) is 0 Å². The number of hydrogen-bond acceptors (Lipinski definition) is 6. The molecule has 154 valence electrons. The van der Waals surface area contributed by atoms with Crippen molar-refractivity contribution in [2.75, 3.05) is 25.6 Å². The van der Waals surface area contributed by atoms with E-state index in [4.69, 9.17) is 0 Å². The molecule has 0 saturated carbocycles. The molecule has 3 heterocycles. The molecule has 8 nitrogen and oxygen atoms in total. The fourth-order valence-electron chi connectivity index (χ4n) is 3.67. The average molecular weight is 427 g/mol. The monoisotopic (exact) mass is 426 g/mol. The van der Waals surface area contributed by atoms with Crippen LogP contribution in [0.2, 0.25) is 0 Å². The molecule has 0 fully saturated rings. The van der Waals surface area contributed by atoms with Crippen LogP contribution in [-0.4, -0.2) is 60.3 Å². The maximum atomic E-state index is 12.7. The van der Waals surface area contributed by atoms with Crippen molar-refractivity contribution in [3.63, 3.8) is 0 Å². The van der Waals surface area contributed by atoms with Crippen LogP contribution in [0.5, 0.6) is 0 Å². The fourth-order valence-corrected chi connectivity index (χ4v) is 5.52. The molecule has 3 aromatic heterocycles. The summed E-state index contributed by atoms with van der Waals surface area (Å²) in [7, 11) is -7.28. The molecule has 3 rings (SSSR count). The third-order valence-corrected chi connectivity index (χ3v) is 6.71. The highest BCUT2D eigenvalue weighted by Crippen LogP contribution is 2.30. The van der Waals surface area contributed by atoms with Gasteiger partial charge in [0.2, 0.25) is 20.0 Å². The van der Waals surface area contributed by atoms with Crippen molar-refractivity contribution in [1.82, 2.24) is 17.8 Å². The van der Waals surface area contributed by atoms with Crippen LogP contribution in [0.15, 0.2) is 24.5 Å². The molecular formula is C18H26N4O4S2. The molecule has 0 aliphatic rings. The summed E-state index contributed by atoms with van der Waals surface area (Å²) < 4.78 is 52.3. The molecule has 0 unspecified atom stereocenters. The van der Waals surface area contributed by atoms with Gasteiger partial charge in [-0.3, -0.25) is 9.88 Å². The molecule has 0 atom stereocenters. The van der Waals surface area contributed by atoms with Crippen LogP contribution in [0.1, 0.15) is 32.4 Å². The van der Waals surface area contributed by atoms with E-state index in [2.05, 4.69) is 23.7 Å². The summed E-state index contributed by atoms with van der Waals surface area (Å²) in [5, 5.41) is 0.601. The zero-order valence-electron chi connectivity index (χ0n) is 16.6. The van der Waals surface area contributed by atoms with Crippen LogP contribution in [0, 0.1) is 0 Å².